The average molecular weight is 163 g/mol. The molecule has 0 amide bonds. The van der Waals surface area contributed by atoms with Gasteiger partial charge in [0.15, 0.2) is 0 Å². The molecule has 0 aromatic carbocycles. The largest absolute Gasteiger partial charge is 0.497 e. The SMILES string of the molecule is COC1=CCC2CCC=NC2=C1. The zero-order valence-corrected chi connectivity index (χ0v) is 7.29. The van der Waals surface area contributed by atoms with Crippen LogP contribution < -0.4 is 0 Å². The minimum absolute atomic E-state index is 0.647. The maximum absolute atomic E-state index is 5.15. The van der Waals surface area contributed by atoms with E-state index in [9.17, 15) is 0 Å². The summed E-state index contributed by atoms with van der Waals surface area (Å²) >= 11 is 0. The van der Waals surface area contributed by atoms with Crippen LogP contribution in [0.2, 0.25) is 0 Å². The summed E-state index contributed by atoms with van der Waals surface area (Å²) < 4.78 is 5.15. The van der Waals surface area contributed by atoms with Crippen LogP contribution in [0, 0.1) is 5.92 Å². The van der Waals surface area contributed by atoms with Gasteiger partial charge in [0.1, 0.15) is 5.76 Å². The maximum atomic E-state index is 5.15. The fourth-order valence-corrected chi connectivity index (χ4v) is 1.70. The molecular weight excluding hydrogens is 150 g/mol. The van der Waals surface area contributed by atoms with Crippen molar-refractivity contribution in [2.45, 2.75) is 19.3 Å². The molecule has 0 radical (unpaired) electrons. The standard InChI is InChI=1S/C10H13NO/c1-12-9-5-4-8-3-2-6-11-10(8)7-9/h5-8H,2-4H2,1H3. The Kier molecular flexibility index (Phi) is 1.98. The predicted octanol–water partition coefficient (Wildman–Crippen LogP) is 2.29. The van der Waals surface area contributed by atoms with Gasteiger partial charge in [0.2, 0.25) is 0 Å². The van der Waals surface area contributed by atoms with Gasteiger partial charge >= 0.3 is 0 Å². The van der Waals surface area contributed by atoms with E-state index in [4.69, 9.17) is 4.74 Å². The molecule has 1 unspecified atom stereocenters. The van der Waals surface area contributed by atoms with Crippen molar-refractivity contribution < 1.29 is 4.74 Å². The van der Waals surface area contributed by atoms with Crippen LogP contribution in [0.15, 0.2) is 28.6 Å². The Hall–Kier alpha value is -1.05. The Morgan fingerprint density at radius 3 is 3.33 bits per heavy atom. The molecule has 0 N–H and O–H groups in total. The van der Waals surface area contributed by atoms with Crippen molar-refractivity contribution in [3.63, 3.8) is 0 Å². The molecule has 2 nitrogen and oxygen atoms in total. The molecule has 1 aliphatic carbocycles. The fraction of sp³-hybridized carbons (Fsp3) is 0.500. The second kappa shape index (κ2) is 3.13. The topological polar surface area (TPSA) is 21.6 Å². The van der Waals surface area contributed by atoms with Gasteiger partial charge in [-0.05, 0) is 25.3 Å². The smallest absolute Gasteiger partial charge is 0.116 e. The van der Waals surface area contributed by atoms with Crippen molar-refractivity contribution in [2.24, 2.45) is 10.9 Å². The Labute approximate surface area is 72.6 Å². The number of rotatable bonds is 1. The molecule has 2 heteroatoms. The monoisotopic (exact) mass is 163 g/mol. The van der Waals surface area contributed by atoms with E-state index in [0.29, 0.717) is 5.92 Å². The summed E-state index contributed by atoms with van der Waals surface area (Å²) in [6.07, 6.45) is 9.65. The van der Waals surface area contributed by atoms with Gasteiger partial charge in [-0.2, -0.15) is 0 Å². The summed E-state index contributed by atoms with van der Waals surface area (Å²) in [6, 6.07) is 0. The lowest BCUT2D eigenvalue weighted by Gasteiger charge is -2.22. The molecule has 1 heterocycles. The van der Waals surface area contributed by atoms with Crippen molar-refractivity contribution in [3.8, 4) is 0 Å². The lowest BCUT2D eigenvalue weighted by molar-refractivity contribution is 0.299. The third-order valence-corrected chi connectivity index (χ3v) is 2.43. The van der Waals surface area contributed by atoms with Gasteiger partial charge in [-0.1, -0.05) is 0 Å². The third-order valence-electron chi connectivity index (χ3n) is 2.43. The van der Waals surface area contributed by atoms with Crippen molar-refractivity contribution in [1.82, 2.24) is 0 Å². The summed E-state index contributed by atoms with van der Waals surface area (Å²) in [5.74, 6) is 1.61. The Bertz CT molecular complexity index is 263. The first kappa shape index (κ1) is 7.59. The Morgan fingerprint density at radius 1 is 1.58 bits per heavy atom. The molecule has 64 valence electrons. The molecule has 0 fully saturated rings. The third kappa shape index (κ3) is 1.29. The fourth-order valence-electron chi connectivity index (χ4n) is 1.70. The van der Waals surface area contributed by atoms with E-state index in [1.807, 2.05) is 12.3 Å². The number of fused-ring (bicyclic) bond motifs is 1. The van der Waals surface area contributed by atoms with Crippen molar-refractivity contribution in [2.75, 3.05) is 7.11 Å². The average Bonchev–Trinajstić information content (AvgIpc) is 2.17. The minimum atomic E-state index is 0.647. The predicted molar refractivity (Wildman–Crippen MR) is 49.0 cm³/mol. The highest BCUT2D eigenvalue weighted by Crippen LogP contribution is 2.30. The highest BCUT2D eigenvalue weighted by molar-refractivity contribution is 5.61. The van der Waals surface area contributed by atoms with Crippen molar-refractivity contribution in [1.29, 1.82) is 0 Å². The number of hydrogen-bond acceptors (Lipinski definition) is 2. The van der Waals surface area contributed by atoms with Crippen LogP contribution in [0.4, 0.5) is 0 Å². The van der Waals surface area contributed by atoms with Crippen molar-refractivity contribution in [3.05, 3.63) is 23.6 Å². The summed E-state index contributed by atoms with van der Waals surface area (Å²) in [5.41, 5.74) is 1.20. The molecule has 12 heavy (non-hydrogen) atoms. The van der Waals surface area contributed by atoms with Gasteiger partial charge in [0.25, 0.3) is 0 Å². The molecule has 2 aliphatic rings. The lowest BCUT2D eigenvalue weighted by Crippen LogP contribution is -2.11. The van der Waals surface area contributed by atoms with E-state index >= 15 is 0 Å². The van der Waals surface area contributed by atoms with Crippen LogP contribution in [0.3, 0.4) is 0 Å². The summed E-state index contributed by atoms with van der Waals surface area (Å²) in [6.45, 7) is 0. The zero-order valence-electron chi connectivity index (χ0n) is 7.29. The minimum Gasteiger partial charge on any atom is -0.497 e. The molecule has 1 aliphatic heterocycles. The molecule has 0 saturated carbocycles. The van der Waals surface area contributed by atoms with Gasteiger partial charge in [-0.3, -0.25) is 4.99 Å². The maximum Gasteiger partial charge on any atom is 0.116 e. The second-order valence-corrected chi connectivity index (χ2v) is 3.20. The van der Waals surface area contributed by atoms with E-state index in [0.717, 1.165) is 18.6 Å². The summed E-state index contributed by atoms with van der Waals surface area (Å²) in [5, 5.41) is 0. The van der Waals surface area contributed by atoms with E-state index in [2.05, 4.69) is 11.1 Å². The Morgan fingerprint density at radius 2 is 2.50 bits per heavy atom. The zero-order chi connectivity index (χ0) is 8.39. The number of nitrogens with zero attached hydrogens (tertiary/aromatic N) is 1. The van der Waals surface area contributed by atoms with Crippen LogP contribution in [0.25, 0.3) is 0 Å². The summed E-state index contributed by atoms with van der Waals surface area (Å²) in [4.78, 5) is 4.36. The van der Waals surface area contributed by atoms with Gasteiger partial charge < -0.3 is 4.74 Å². The second-order valence-electron chi connectivity index (χ2n) is 3.20. The number of methoxy groups -OCH3 is 1. The number of ether oxygens (including phenoxy) is 1. The molecule has 0 bridgehead atoms. The van der Waals surface area contributed by atoms with Gasteiger partial charge in [-0.25, -0.2) is 0 Å². The highest BCUT2D eigenvalue weighted by Gasteiger charge is 2.19. The molecule has 0 aromatic rings. The van der Waals surface area contributed by atoms with E-state index < -0.39 is 0 Å². The number of hydrogen-bond donors (Lipinski definition) is 0. The van der Waals surface area contributed by atoms with E-state index in [1.54, 1.807) is 7.11 Å². The molecule has 1 atom stereocenters. The van der Waals surface area contributed by atoms with Crippen molar-refractivity contribution >= 4 is 6.21 Å². The summed E-state index contributed by atoms with van der Waals surface area (Å²) in [7, 11) is 1.70. The molecule has 0 saturated heterocycles. The van der Waals surface area contributed by atoms with Crippen LogP contribution in [-0.2, 0) is 4.74 Å². The molecule has 2 rings (SSSR count). The highest BCUT2D eigenvalue weighted by atomic mass is 16.5. The van der Waals surface area contributed by atoms with Crippen LogP contribution in [0.1, 0.15) is 19.3 Å². The molecular formula is C10H13NO. The van der Waals surface area contributed by atoms with Gasteiger partial charge in [0.05, 0.1) is 7.11 Å². The normalized spacial score (nSPS) is 27.2. The number of allylic oxidation sites excluding steroid dienone is 3. The Balaban J connectivity index is 2.22. The number of aliphatic imine (C=N–C) groups is 1. The quantitative estimate of drug-likeness (QED) is 0.581. The van der Waals surface area contributed by atoms with Gasteiger partial charge in [-0.15, -0.1) is 0 Å². The first-order valence-electron chi connectivity index (χ1n) is 4.38. The van der Waals surface area contributed by atoms with Crippen LogP contribution >= 0.6 is 0 Å². The van der Waals surface area contributed by atoms with Crippen LogP contribution in [0.5, 0.6) is 0 Å². The first-order chi connectivity index (χ1) is 5.90. The van der Waals surface area contributed by atoms with E-state index in [-0.39, 0.29) is 0 Å². The molecule has 0 spiro atoms. The lowest BCUT2D eigenvalue weighted by atomic mass is 9.90. The first-order valence-corrected chi connectivity index (χ1v) is 4.38. The van der Waals surface area contributed by atoms with E-state index in [1.165, 1.54) is 12.1 Å². The van der Waals surface area contributed by atoms with Gasteiger partial charge in [0, 0.05) is 23.9 Å². The van der Waals surface area contributed by atoms with Crippen LogP contribution in [-0.4, -0.2) is 13.3 Å². The molecule has 0 aromatic heterocycles.